The molecule has 0 aliphatic carbocycles. The molecular formula is C14H11ClFNOS. The molecule has 2 aromatic carbocycles. The van der Waals surface area contributed by atoms with Crippen LogP contribution in [0.1, 0.15) is 5.56 Å². The van der Waals surface area contributed by atoms with Crippen molar-refractivity contribution in [3.05, 3.63) is 58.9 Å². The van der Waals surface area contributed by atoms with Gasteiger partial charge in [-0.3, -0.25) is 4.79 Å². The average molecular weight is 296 g/mol. The summed E-state index contributed by atoms with van der Waals surface area (Å²) in [5.74, 6) is -0.920. The highest BCUT2D eigenvalue weighted by Gasteiger charge is 2.10. The van der Waals surface area contributed by atoms with Crippen molar-refractivity contribution in [2.45, 2.75) is 11.3 Å². The predicted molar refractivity (Wildman–Crippen MR) is 77.4 cm³/mol. The van der Waals surface area contributed by atoms with Crippen LogP contribution in [-0.4, -0.2) is 5.91 Å². The van der Waals surface area contributed by atoms with Gasteiger partial charge in [0.2, 0.25) is 5.91 Å². The summed E-state index contributed by atoms with van der Waals surface area (Å²) in [4.78, 5) is 12.6. The van der Waals surface area contributed by atoms with Crippen molar-refractivity contribution in [3.8, 4) is 0 Å². The highest BCUT2D eigenvalue weighted by molar-refractivity contribution is 7.80. The molecule has 1 amide bonds. The third kappa shape index (κ3) is 3.72. The highest BCUT2D eigenvalue weighted by Crippen LogP contribution is 2.22. The van der Waals surface area contributed by atoms with E-state index in [9.17, 15) is 9.18 Å². The summed E-state index contributed by atoms with van der Waals surface area (Å²) in [6.07, 6.45) is 0.167. The topological polar surface area (TPSA) is 29.1 Å². The lowest BCUT2D eigenvalue weighted by atomic mass is 10.1. The zero-order chi connectivity index (χ0) is 13.8. The number of anilines is 1. The summed E-state index contributed by atoms with van der Waals surface area (Å²) < 4.78 is 13.6. The minimum atomic E-state index is -0.622. The predicted octanol–water partition coefficient (Wildman–Crippen LogP) is 3.95. The van der Waals surface area contributed by atoms with Gasteiger partial charge in [-0.2, -0.15) is 0 Å². The van der Waals surface area contributed by atoms with Crippen LogP contribution >= 0.6 is 24.2 Å². The fourth-order valence-corrected chi connectivity index (χ4v) is 1.92. The number of halogens is 2. The number of hydrogen-bond acceptors (Lipinski definition) is 2. The van der Waals surface area contributed by atoms with Gasteiger partial charge in [0.1, 0.15) is 0 Å². The van der Waals surface area contributed by atoms with Gasteiger partial charge in [0.15, 0.2) is 5.82 Å². The van der Waals surface area contributed by atoms with Gasteiger partial charge in [0, 0.05) is 4.90 Å². The molecule has 2 aromatic rings. The Morgan fingerprint density at radius 2 is 1.89 bits per heavy atom. The third-order valence-corrected chi connectivity index (χ3v) is 3.12. The highest BCUT2D eigenvalue weighted by atomic mass is 35.5. The van der Waals surface area contributed by atoms with Crippen LogP contribution < -0.4 is 5.32 Å². The second kappa shape index (κ2) is 6.08. The van der Waals surface area contributed by atoms with Crippen molar-refractivity contribution in [2.24, 2.45) is 0 Å². The number of carbonyl (C=O) groups excluding carboxylic acids is 1. The van der Waals surface area contributed by atoms with E-state index in [4.69, 9.17) is 11.6 Å². The van der Waals surface area contributed by atoms with Crippen LogP contribution in [0.25, 0.3) is 0 Å². The van der Waals surface area contributed by atoms with Gasteiger partial charge < -0.3 is 5.32 Å². The second-order valence-corrected chi connectivity index (χ2v) is 4.92. The van der Waals surface area contributed by atoms with Crippen LogP contribution in [-0.2, 0) is 11.2 Å². The van der Waals surface area contributed by atoms with Crippen LogP contribution in [0.15, 0.2) is 47.4 Å². The number of nitrogens with one attached hydrogen (secondary N) is 1. The number of rotatable bonds is 3. The lowest BCUT2D eigenvalue weighted by molar-refractivity contribution is -0.115. The molecule has 0 radical (unpaired) electrons. The maximum absolute atomic E-state index is 13.6. The van der Waals surface area contributed by atoms with Gasteiger partial charge in [-0.1, -0.05) is 29.8 Å². The monoisotopic (exact) mass is 295 g/mol. The molecule has 0 bridgehead atoms. The van der Waals surface area contributed by atoms with Gasteiger partial charge in [-0.15, -0.1) is 12.6 Å². The maximum atomic E-state index is 13.6. The van der Waals surface area contributed by atoms with E-state index in [0.717, 1.165) is 10.5 Å². The smallest absolute Gasteiger partial charge is 0.228 e. The molecule has 0 aromatic heterocycles. The summed E-state index contributed by atoms with van der Waals surface area (Å²) in [7, 11) is 0. The second-order valence-electron chi connectivity index (χ2n) is 3.99. The van der Waals surface area contributed by atoms with Crippen LogP contribution in [0.4, 0.5) is 10.1 Å². The fraction of sp³-hybridized carbons (Fsp3) is 0.0714. The normalized spacial score (nSPS) is 10.3. The summed E-state index contributed by atoms with van der Waals surface area (Å²) >= 11 is 9.80. The zero-order valence-electron chi connectivity index (χ0n) is 9.86. The van der Waals surface area contributed by atoms with Crippen molar-refractivity contribution in [2.75, 3.05) is 5.32 Å². The van der Waals surface area contributed by atoms with Gasteiger partial charge >= 0.3 is 0 Å². The molecule has 2 nitrogen and oxygen atoms in total. The molecule has 0 saturated heterocycles. The van der Waals surface area contributed by atoms with E-state index in [2.05, 4.69) is 17.9 Å². The lowest BCUT2D eigenvalue weighted by Gasteiger charge is -2.07. The molecule has 0 saturated carbocycles. The molecule has 1 N–H and O–H groups in total. The van der Waals surface area contributed by atoms with Crippen molar-refractivity contribution < 1.29 is 9.18 Å². The number of hydrogen-bond donors (Lipinski definition) is 2. The van der Waals surface area contributed by atoms with E-state index in [1.165, 1.54) is 12.1 Å². The number of thiol groups is 1. The van der Waals surface area contributed by atoms with E-state index >= 15 is 0 Å². The maximum Gasteiger partial charge on any atom is 0.228 e. The molecular weight excluding hydrogens is 285 g/mol. The first-order chi connectivity index (χ1) is 9.06. The van der Waals surface area contributed by atoms with E-state index in [0.29, 0.717) is 0 Å². The molecule has 0 spiro atoms. The van der Waals surface area contributed by atoms with Gasteiger partial charge in [0.25, 0.3) is 0 Å². The van der Waals surface area contributed by atoms with E-state index in [1.807, 2.05) is 0 Å². The minimum Gasteiger partial charge on any atom is -0.323 e. The molecule has 0 atom stereocenters. The molecule has 98 valence electrons. The van der Waals surface area contributed by atoms with E-state index in [-0.39, 0.29) is 23.0 Å². The van der Waals surface area contributed by atoms with Crippen molar-refractivity contribution in [1.29, 1.82) is 0 Å². The van der Waals surface area contributed by atoms with Crippen molar-refractivity contribution in [3.63, 3.8) is 0 Å². The summed E-state index contributed by atoms with van der Waals surface area (Å²) in [5, 5.41) is 2.48. The first-order valence-corrected chi connectivity index (χ1v) is 6.40. The Bertz CT molecular complexity index is 601. The van der Waals surface area contributed by atoms with E-state index in [1.54, 1.807) is 30.3 Å². The standard InChI is InChI=1S/C14H11ClFNOS/c15-11-2-1-3-12(14(11)16)17-13(18)8-9-4-6-10(19)7-5-9/h1-7,19H,8H2,(H,17,18). The Balaban J connectivity index is 2.05. The quantitative estimate of drug-likeness (QED) is 0.825. The minimum absolute atomic E-state index is 0.0165. The number of amides is 1. The van der Waals surface area contributed by atoms with Crippen LogP contribution in [0.2, 0.25) is 5.02 Å². The average Bonchev–Trinajstić information content (AvgIpc) is 2.38. The molecule has 5 heteroatoms. The Kier molecular flexibility index (Phi) is 4.45. The van der Waals surface area contributed by atoms with Gasteiger partial charge in [0.05, 0.1) is 17.1 Å². The summed E-state index contributed by atoms with van der Waals surface area (Å²) in [6, 6.07) is 11.7. The molecule has 0 fully saturated rings. The molecule has 0 heterocycles. The van der Waals surface area contributed by atoms with Gasteiger partial charge in [-0.25, -0.2) is 4.39 Å². The van der Waals surface area contributed by atoms with E-state index < -0.39 is 5.82 Å². The van der Waals surface area contributed by atoms with Crippen LogP contribution in [0, 0.1) is 5.82 Å². The summed E-state index contributed by atoms with van der Waals surface area (Å²) in [5.41, 5.74) is 0.918. The first kappa shape index (κ1) is 13.9. The molecule has 2 rings (SSSR count). The Labute approximate surface area is 121 Å². The van der Waals surface area contributed by atoms with Gasteiger partial charge in [-0.05, 0) is 29.8 Å². The van der Waals surface area contributed by atoms with Crippen LogP contribution in [0.5, 0.6) is 0 Å². The Hall–Kier alpha value is -1.52. The fourth-order valence-electron chi connectivity index (χ4n) is 1.59. The SMILES string of the molecule is O=C(Cc1ccc(S)cc1)Nc1cccc(Cl)c1F. The summed E-state index contributed by atoms with van der Waals surface area (Å²) in [6.45, 7) is 0. The van der Waals surface area contributed by atoms with Crippen molar-refractivity contribution >= 4 is 35.8 Å². The third-order valence-electron chi connectivity index (χ3n) is 2.53. The van der Waals surface area contributed by atoms with Crippen LogP contribution in [0.3, 0.4) is 0 Å². The molecule has 0 aliphatic rings. The lowest BCUT2D eigenvalue weighted by Crippen LogP contribution is -2.15. The first-order valence-electron chi connectivity index (χ1n) is 5.58. The molecule has 0 unspecified atom stereocenters. The zero-order valence-corrected chi connectivity index (χ0v) is 11.5. The Morgan fingerprint density at radius 1 is 1.21 bits per heavy atom. The molecule has 0 aliphatic heterocycles. The largest absolute Gasteiger partial charge is 0.323 e. The molecule has 19 heavy (non-hydrogen) atoms. The van der Waals surface area contributed by atoms with Crippen molar-refractivity contribution in [1.82, 2.24) is 0 Å². The Morgan fingerprint density at radius 3 is 2.58 bits per heavy atom. The number of carbonyl (C=O) groups is 1. The number of benzene rings is 2.